The minimum atomic E-state index is 0.889. The molecule has 4 heteroatoms. The minimum Gasteiger partial charge on any atom is -0.370 e. The van der Waals surface area contributed by atoms with Gasteiger partial charge in [0, 0.05) is 26.0 Å². The average molecular weight is 216 g/mol. The van der Waals surface area contributed by atoms with Gasteiger partial charge in [-0.2, -0.15) is 0 Å². The molecule has 16 heavy (non-hydrogen) atoms. The molecule has 0 radical (unpaired) electrons. The third-order valence-electron chi connectivity index (χ3n) is 2.36. The summed E-state index contributed by atoms with van der Waals surface area (Å²) in [4.78, 5) is 8.80. The van der Waals surface area contributed by atoms with E-state index < -0.39 is 0 Å². The standard InChI is InChI=1S/C12H16N4/c1-3-7-13-11-6-4-5-10(15-11)12-14-8-9-16(12)2/h4-6,8-9H,3,7H2,1-2H3,(H,13,15). The molecule has 0 amide bonds. The number of rotatable bonds is 4. The van der Waals surface area contributed by atoms with Gasteiger partial charge in [0.1, 0.15) is 11.5 Å². The Bertz CT molecular complexity index is 462. The van der Waals surface area contributed by atoms with Crippen molar-refractivity contribution in [2.24, 2.45) is 7.05 Å². The lowest BCUT2D eigenvalue weighted by molar-refractivity contribution is 0.915. The topological polar surface area (TPSA) is 42.7 Å². The second-order valence-electron chi connectivity index (χ2n) is 3.70. The highest BCUT2D eigenvalue weighted by atomic mass is 15.1. The van der Waals surface area contributed by atoms with Crippen molar-refractivity contribution in [1.82, 2.24) is 14.5 Å². The van der Waals surface area contributed by atoms with Crippen molar-refractivity contribution in [3.8, 4) is 11.5 Å². The molecule has 2 aromatic rings. The van der Waals surface area contributed by atoms with Crippen LogP contribution in [0.5, 0.6) is 0 Å². The molecule has 0 spiro atoms. The van der Waals surface area contributed by atoms with Gasteiger partial charge < -0.3 is 9.88 Å². The van der Waals surface area contributed by atoms with Gasteiger partial charge in [0.15, 0.2) is 5.82 Å². The maximum atomic E-state index is 4.52. The van der Waals surface area contributed by atoms with E-state index in [0.29, 0.717) is 0 Å². The molecule has 2 aromatic heterocycles. The summed E-state index contributed by atoms with van der Waals surface area (Å²) in [7, 11) is 1.97. The Morgan fingerprint density at radius 3 is 2.94 bits per heavy atom. The molecule has 1 N–H and O–H groups in total. The number of imidazole rings is 1. The Morgan fingerprint density at radius 1 is 1.38 bits per heavy atom. The van der Waals surface area contributed by atoms with Crippen molar-refractivity contribution in [2.45, 2.75) is 13.3 Å². The van der Waals surface area contributed by atoms with Crippen molar-refractivity contribution < 1.29 is 0 Å². The van der Waals surface area contributed by atoms with Gasteiger partial charge in [0.2, 0.25) is 0 Å². The highest BCUT2D eigenvalue weighted by Crippen LogP contribution is 2.15. The SMILES string of the molecule is CCCNc1cccc(-c2nccn2C)n1. The second kappa shape index (κ2) is 4.79. The van der Waals surface area contributed by atoms with E-state index in [-0.39, 0.29) is 0 Å². The van der Waals surface area contributed by atoms with Crippen LogP contribution in [-0.4, -0.2) is 21.1 Å². The van der Waals surface area contributed by atoms with Gasteiger partial charge in [-0.25, -0.2) is 9.97 Å². The molecule has 0 aromatic carbocycles. The van der Waals surface area contributed by atoms with Crippen molar-refractivity contribution >= 4 is 5.82 Å². The Hall–Kier alpha value is -1.84. The van der Waals surface area contributed by atoms with Crippen molar-refractivity contribution in [1.29, 1.82) is 0 Å². The third kappa shape index (κ3) is 2.21. The smallest absolute Gasteiger partial charge is 0.158 e. The highest BCUT2D eigenvalue weighted by molar-refractivity contribution is 5.53. The second-order valence-corrected chi connectivity index (χ2v) is 3.70. The normalized spacial score (nSPS) is 10.4. The van der Waals surface area contributed by atoms with Gasteiger partial charge in [-0.05, 0) is 18.6 Å². The van der Waals surface area contributed by atoms with Crippen LogP contribution in [0.15, 0.2) is 30.6 Å². The number of hydrogen-bond donors (Lipinski definition) is 1. The van der Waals surface area contributed by atoms with E-state index in [4.69, 9.17) is 0 Å². The van der Waals surface area contributed by atoms with Crippen LogP contribution in [0.1, 0.15) is 13.3 Å². The molecule has 0 saturated carbocycles. The first-order valence-corrected chi connectivity index (χ1v) is 5.50. The van der Waals surface area contributed by atoms with Crippen LogP contribution < -0.4 is 5.32 Å². The zero-order valence-corrected chi connectivity index (χ0v) is 9.64. The molecule has 0 saturated heterocycles. The van der Waals surface area contributed by atoms with Crippen LogP contribution >= 0.6 is 0 Å². The molecule has 0 aliphatic heterocycles. The first-order chi connectivity index (χ1) is 7.81. The summed E-state index contributed by atoms with van der Waals surface area (Å²) < 4.78 is 1.96. The predicted octanol–water partition coefficient (Wildman–Crippen LogP) is 2.30. The maximum Gasteiger partial charge on any atom is 0.158 e. The van der Waals surface area contributed by atoms with Gasteiger partial charge in [-0.3, -0.25) is 0 Å². The van der Waals surface area contributed by atoms with Crippen molar-refractivity contribution in [2.75, 3.05) is 11.9 Å². The molecule has 84 valence electrons. The highest BCUT2D eigenvalue weighted by Gasteiger charge is 2.04. The van der Waals surface area contributed by atoms with Crippen LogP contribution in [0.25, 0.3) is 11.5 Å². The van der Waals surface area contributed by atoms with Crippen LogP contribution in [-0.2, 0) is 7.05 Å². The summed E-state index contributed by atoms with van der Waals surface area (Å²) in [5.41, 5.74) is 0.897. The molecule has 4 nitrogen and oxygen atoms in total. The largest absolute Gasteiger partial charge is 0.370 e. The Morgan fingerprint density at radius 2 is 2.25 bits per heavy atom. The zero-order valence-electron chi connectivity index (χ0n) is 9.64. The molecule has 2 heterocycles. The van der Waals surface area contributed by atoms with E-state index in [1.165, 1.54) is 0 Å². The van der Waals surface area contributed by atoms with Gasteiger partial charge >= 0.3 is 0 Å². The summed E-state index contributed by atoms with van der Waals surface area (Å²) in [6, 6.07) is 5.94. The lowest BCUT2D eigenvalue weighted by Gasteiger charge is -2.06. The van der Waals surface area contributed by atoms with Gasteiger partial charge in [-0.1, -0.05) is 13.0 Å². The van der Waals surface area contributed by atoms with Crippen LogP contribution in [0, 0.1) is 0 Å². The molecule has 0 atom stereocenters. The third-order valence-corrected chi connectivity index (χ3v) is 2.36. The molecule has 2 rings (SSSR count). The number of nitrogens with one attached hydrogen (secondary N) is 1. The predicted molar refractivity (Wildman–Crippen MR) is 65.2 cm³/mol. The molecule has 0 fully saturated rings. The molecule has 0 bridgehead atoms. The van der Waals surface area contributed by atoms with Crippen molar-refractivity contribution in [3.05, 3.63) is 30.6 Å². The van der Waals surface area contributed by atoms with E-state index in [1.54, 1.807) is 6.20 Å². The first kappa shape index (κ1) is 10.7. The number of aryl methyl sites for hydroxylation is 1. The summed E-state index contributed by atoms with van der Waals surface area (Å²) in [6.07, 6.45) is 4.79. The maximum absolute atomic E-state index is 4.52. The van der Waals surface area contributed by atoms with E-state index in [0.717, 1.165) is 30.3 Å². The number of pyridine rings is 1. The van der Waals surface area contributed by atoms with Crippen molar-refractivity contribution in [3.63, 3.8) is 0 Å². The lowest BCUT2D eigenvalue weighted by atomic mass is 10.3. The average Bonchev–Trinajstić information content (AvgIpc) is 2.73. The zero-order chi connectivity index (χ0) is 11.4. The number of hydrogen-bond acceptors (Lipinski definition) is 3. The fourth-order valence-corrected chi connectivity index (χ4v) is 1.52. The summed E-state index contributed by atoms with van der Waals surface area (Å²) in [5.74, 6) is 1.79. The monoisotopic (exact) mass is 216 g/mol. The molecule has 0 aliphatic rings. The lowest BCUT2D eigenvalue weighted by Crippen LogP contribution is -2.03. The van der Waals surface area contributed by atoms with E-state index in [1.807, 2.05) is 36.0 Å². The molecule has 0 aliphatic carbocycles. The molecule has 0 unspecified atom stereocenters. The number of nitrogens with zero attached hydrogens (tertiary/aromatic N) is 3. The van der Waals surface area contributed by atoms with Crippen LogP contribution in [0.3, 0.4) is 0 Å². The van der Waals surface area contributed by atoms with Crippen LogP contribution in [0.2, 0.25) is 0 Å². The first-order valence-electron chi connectivity index (χ1n) is 5.50. The fourth-order valence-electron chi connectivity index (χ4n) is 1.52. The Balaban J connectivity index is 2.26. The van der Waals surface area contributed by atoms with E-state index in [2.05, 4.69) is 22.2 Å². The number of aromatic nitrogens is 3. The van der Waals surface area contributed by atoms with Gasteiger partial charge in [0.25, 0.3) is 0 Å². The van der Waals surface area contributed by atoms with Gasteiger partial charge in [0.05, 0.1) is 0 Å². The summed E-state index contributed by atoms with van der Waals surface area (Å²) in [5, 5.41) is 3.27. The van der Waals surface area contributed by atoms with Crippen LogP contribution in [0.4, 0.5) is 5.82 Å². The minimum absolute atomic E-state index is 0.889. The van der Waals surface area contributed by atoms with E-state index >= 15 is 0 Å². The quantitative estimate of drug-likeness (QED) is 0.852. The fraction of sp³-hybridized carbons (Fsp3) is 0.333. The van der Waals surface area contributed by atoms with E-state index in [9.17, 15) is 0 Å². The Kier molecular flexibility index (Phi) is 3.19. The molecular weight excluding hydrogens is 200 g/mol. The summed E-state index contributed by atoms with van der Waals surface area (Å²) >= 11 is 0. The number of anilines is 1. The Labute approximate surface area is 95.4 Å². The summed E-state index contributed by atoms with van der Waals surface area (Å²) in [6.45, 7) is 3.08. The van der Waals surface area contributed by atoms with Gasteiger partial charge in [-0.15, -0.1) is 0 Å². The molecular formula is C12H16N4.